The number of hydrogen-bond acceptors (Lipinski definition) is 8. The average molecular weight is 462 g/mol. The Kier molecular flexibility index (Phi) is 8.06. The van der Waals surface area contributed by atoms with Gasteiger partial charge in [-0.3, -0.25) is 14.4 Å². The van der Waals surface area contributed by atoms with E-state index in [0.717, 1.165) is 0 Å². The van der Waals surface area contributed by atoms with Gasteiger partial charge in [-0.05, 0) is 18.2 Å². The Bertz CT molecular complexity index is 931. The number of carbonyl (C=O) groups is 3. The molecule has 4 atom stereocenters. The summed E-state index contributed by atoms with van der Waals surface area (Å²) < 4.78 is 16.6. The predicted molar refractivity (Wildman–Crippen MR) is 117 cm³/mol. The van der Waals surface area contributed by atoms with Crippen molar-refractivity contribution in [2.45, 2.75) is 37.5 Å². The summed E-state index contributed by atoms with van der Waals surface area (Å²) in [5, 5.41) is 23.1. The number of nitrogens with zero attached hydrogens (tertiary/aromatic N) is 1. The van der Waals surface area contributed by atoms with E-state index in [4.69, 9.17) is 19.3 Å². The maximum absolute atomic E-state index is 13.1. The van der Waals surface area contributed by atoms with Crippen molar-refractivity contribution in [3.8, 4) is 11.5 Å². The molecule has 0 unspecified atom stereocenters. The van der Waals surface area contributed by atoms with Crippen molar-refractivity contribution in [2.24, 2.45) is 0 Å². The molecule has 0 radical (unpaired) electrons. The zero-order valence-corrected chi connectivity index (χ0v) is 18.9. The second-order valence-electron chi connectivity index (χ2n) is 7.84. The van der Waals surface area contributed by atoms with E-state index in [2.05, 4.69) is 5.32 Å². The number of rotatable bonds is 10. The zero-order chi connectivity index (χ0) is 24.1. The molecule has 180 valence electrons. The zero-order valence-electron chi connectivity index (χ0n) is 18.9. The van der Waals surface area contributed by atoms with E-state index in [9.17, 15) is 19.5 Å². The lowest BCUT2D eigenvalue weighted by molar-refractivity contribution is -0.137. The summed E-state index contributed by atoms with van der Waals surface area (Å²) in [5.41, 5.74) is 1.15. The molecule has 0 spiro atoms. The van der Waals surface area contributed by atoms with E-state index in [1.807, 2.05) is 0 Å². The van der Waals surface area contributed by atoms with Crippen LogP contribution in [-0.4, -0.2) is 92.0 Å². The highest BCUT2D eigenvalue weighted by Gasteiger charge is 2.51. The van der Waals surface area contributed by atoms with Gasteiger partial charge in [-0.25, -0.2) is 0 Å². The van der Waals surface area contributed by atoms with Crippen LogP contribution in [-0.2, 0) is 14.3 Å². The average Bonchev–Trinajstić information content (AvgIpc) is 3.22. The molecule has 33 heavy (non-hydrogen) atoms. The molecule has 10 heteroatoms. The molecule has 3 rings (SSSR count). The molecular formula is C23H30N2O8. The Hall–Kier alpha value is -2.95. The lowest BCUT2D eigenvalue weighted by Gasteiger charge is -2.40. The third-order valence-electron chi connectivity index (χ3n) is 5.93. The summed E-state index contributed by atoms with van der Waals surface area (Å²) in [5.74, 6) is -0.719. The number of benzene rings is 1. The second kappa shape index (κ2) is 10.8. The molecule has 1 aromatic carbocycles. The summed E-state index contributed by atoms with van der Waals surface area (Å²) >= 11 is 0. The molecule has 10 nitrogen and oxygen atoms in total. The Labute approximate surface area is 192 Å². The van der Waals surface area contributed by atoms with Crippen LogP contribution in [0.25, 0.3) is 0 Å². The first kappa shape index (κ1) is 24.7. The number of aliphatic hydroxyl groups is 2. The van der Waals surface area contributed by atoms with E-state index < -0.39 is 30.1 Å². The van der Waals surface area contributed by atoms with Crippen LogP contribution >= 0.6 is 0 Å². The van der Waals surface area contributed by atoms with Crippen molar-refractivity contribution in [3.05, 3.63) is 34.9 Å². The van der Waals surface area contributed by atoms with E-state index in [0.29, 0.717) is 28.9 Å². The fourth-order valence-electron chi connectivity index (χ4n) is 4.39. The van der Waals surface area contributed by atoms with E-state index in [-0.39, 0.29) is 44.2 Å². The third kappa shape index (κ3) is 4.73. The van der Waals surface area contributed by atoms with Crippen LogP contribution < -0.4 is 14.8 Å². The molecule has 2 aliphatic rings. The highest BCUT2D eigenvalue weighted by molar-refractivity contribution is 5.96. The molecule has 0 saturated heterocycles. The minimum atomic E-state index is -1.16. The van der Waals surface area contributed by atoms with Gasteiger partial charge < -0.3 is 34.6 Å². The van der Waals surface area contributed by atoms with Crippen LogP contribution in [0.4, 0.5) is 0 Å². The molecule has 1 heterocycles. The predicted octanol–water partition coefficient (Wildman–Crippen LogP) is 0.0153. The van der Waals surface area contributed by atoms with E-state index in [1.165, 1.54) is 25.2 Å². The normalized spacial score (nSPS) is 23.0. The molecular weight excluding hydrogens is 432 g/mol. The van der Waals surface area contributed by atoms with Gasteiger partial charge in [0.15, 0.2) is 11.5 Å². The monoisotopic (exact) mass is 462 g/mol. The molecule has 1 aliphatic carbocycles. The summed E-state index contributed by atoms with van der Waals surface area (Å²) in [6.45, 7) is 1.97. The third-order valence-corrected chi connectivity index (χ3v) is 5.93. The highest BCUT2D eigenvalue weighted by Crippen LogP contribution is 2.51. The molecule has 0 aromatic heterocycles. The van der Waals surface area contributed by atoms with Crippen LogP contribution in [0.1, 0.15) is 35.2 Å². The maximum atomic E-state index is 13.1. The summed E-state index contributed by atoms with van der Waals surface area (Å²) in [7, 11) is 2.95. The second-order valence-corrected chi connectivity index (χ2v) is 7.84. The first-order valence-corrected chi connectivity index (χ1v) is 10.8. The van der Waals surface area contributed by atoms with Crippen molar-refractivity contribution >= 4 is 18.1 Å². The lowest BCUT2D eigenvalue weighted by Crippen LogP contribution is -2.56. The maximum Gasteiger partial charge on any atom is 0.247 e. The van der Waals surface area contributed by atoms with Crippen LogP contribution in [0.5, 0.6) is 11.5 Å². The van der Waals surface area contributed by atoms with Crippen LogP contribution in [0.15, 0.2) is 23.8 Å². The fraction of sp³-hybridized carbons (Fsp3) is 0.522. The summed E-state index contributed by atoms with van der Waals surface area (Å²) in [4.78, 5) is 38.8. The molecule has 0 saturated carbocycles. The van der Waals surface area contributed by atoms with Gasteiger partial charge in [-0.2, -0.15) is 0 Å². The number of aldehydes is 1. The van der Waals surface area contributed by atoms with Gasteiger partial charge in [0.2, 0.25) is 11.8 Å². The number of amides is 2. The molecule has 0 fully saturated rings. The summed E-state index contributed by atoms with van der Waals surface area (Å²) in [6.07, 6.45) is 0.391. The molecule has 0 bridgehead atoms. The van der Waals surface area contributed by atoms with Crippen molar-refractivity contribution in [3.63, 3.8) is 0 Å². The first-order valence-electron chi connectivity index (χ1n) is 10.8. The standard InChI is InChI=1S/C23H30N2O8/c1-4-18(28)25(6-8-31-2)16-11-15(23(30)24-5-7-26)19-14-9-13(12-27)10-17(32-3)21(14)33-22(19)20(16)29/h9-12,16,19-20,22,26,29H,4-8H2,1-3H3,(H,24,30)/t16-,19+,20+,22+/m1/s1. The number of methoxy groups -OCH3 is 2. The highest BCUT2D eigenvalue weighted by atomic mass is 16.5. The number of carbonyl (C=O) groups excluding carboxylic acids is 3. The van der Waals surface area contributed by atoms with Crippen LogP contribution in [0.2, 0.25) is 0 Å². The number of aliphatic hydroxyl groups excluding tert-OH is 2. The van der Waals surface area contributed by atoms with Crippen molar-refractivity contribution in [1.82, 2.24) is 10.2 Å². The molecule has 1 aliphatic heterocycles. The largest absolute Gasteiger partial charge is 0.493 e. The smallest absolute Gasteiger partial charge is 0.247 e. The molecule has 1 aromatic rings. The van der Waals surface area contributed by atoms with Gasteiger partial charge in [-0.1, -0.05) is 6.92 Å². The number of ether oxygens (including phenoxy) is 3. The molecule has 2 amide bonds. The lowest BCUT2D eigenvalue weighted by atomic mass is 9.77. The Morgan fingerprint density at radius 3 is 2.67 bits per heavy atom. The molecule has 3 N–H and O–H groups in total. The van der Waals surface area contributed by atoms with Gasteiger partial charge in [0, 0.05) is 43.3 Å². The van der Waals surface area contributed by atoms with Crippen LogP contribution in [0, 0.1) is 0 Å². The number of nitrogens with one attached hydrogen (secondary N) is 1. The Balaban J connectivity index is 2.12. The minimum Gasteiger partial charge on any atom is -0.493 e. The summed E-state index contributed by atoms with van der Waals surface area (Å²) in [6, 6.07) is 2.29. The van der Waals surface area contributed by atoms with Gasteiger partial charge in [0.25, 0.3) is 0 Å². The van der Waals surface area contributed by atoms with Gasteiger partial charge in [-0.15, -0.1) is 0 Å². The van der Waals surface area contributed by atoms with E-state index in [1.54, 1.807) is 19.1 Å². The van der Waals surface area contributed by atoms with Crippen molar-refractivity contribution in [1.29, 1.82) is 0 Å². The van der Waals surface area contributed by atoms with Gasteiger partial charge in [0.05, 0.1) is 32.3 Å². The van der Waals surface area contributed by atoms with Gasteiger partial charge >= 0.3 is 0 Å². The quantitative estimate of drug-likeness (QED) is 0.414. The first-order chi connectivity index (χ1) is 15.9. The fourth-order valence-corrected chi connectivity index (χ4v) is 4.39. The number of hydrogen-bond donors (Lipinski definition) is 3. The Morgan fingerprint density at radius 2 is 2.06 bits per heavy atom. The van der Waals surface area contributed by atoms with E-state index >= 15 is 0 Å². The SMILES string of the molecule is CCC(=O)N(CCOC)[C@@H]1C=C(C(=O)NCCO)[C@@H]2c3cc(C=O)cc(OC)c3O[C@@H]2[C@H]1O. The van der Waals surface area contributed by atoms with Gasteiger partial charge in [0.1, 0.15) is 18.5 Å². The van der Waals surface area contributed by atoms with Crippen molar-refractivity contribution in [2.75, 3.05) is 40.5 Å². The topological polar surface area (TPSA) is 135 Å². The minimum absolute atomic E-state index is 0.0352. The number of fused-ring (bicyclic) bond motifs is 3. The van der Waals surface area contributed by atoms with Crippen LogP contribution in [0.3, 0.4) is 0 Å². The Morgan fingerprint density at radius 1 is 1.30 bits per heavy atom. The van der Waals surface area contributed by atoms with Crippen molar-refractivity contribution < 1.29 is 38.8 Å².